The lowest BCUT2D eigenvalue weighted by molar-refractivity contribution is -0.133. The molecule has 1 fully saturated rings. The highest BCUT2D eigenvalue weighted by molar-refractivity contribution is 8.14. The molecule has 3 aromatic carbocycles. The fourth-order valence-electron chi connectivity index (χ4n) is 5.80. The monoisotopic (exact) mass is 761 g/mol. The summed E-state index contributed by atoms with van der Waals surface area (Å²) < 4.78 is 52.1. The first kappa shape index (κ1) is 40.0. The highest BCUT2D eigenvalue weighted by atomic mass is 32.2. The maximum atomic E-state index is 14.4. The van der Waals surface area contributed by atoms with Crippen LogP contribution in [0.1, 0.15) is 78.9 Å². The molecule has 0 bridgehead atoms. The van der Waals surface area contributed by atoms with E-state index >= 15 is 0 Å². The van der Waals surface area contributed by atoms with Crippen molar-refractivity contribution in [3.8, 4) is 17.0 Å². The van der Waals surface area contributed by atoms with Crippen LogP contribution in [0.3, 0.4) is 0 Å². The van der Waals surface area contributed by atoms with Gasteiger partial charge in [0.25, 0.3) is 5.91 Å². The molecule has 2 heterocycles. The van der Waals surface area contributed by atoms with Gasteiger partial charge in [0, 0.05) is 36.4 Å². The first-order chi connectivity index (χ1) is 25.9. The summed E-state index contributed by atoms with van der Waals surface area (Å²) in [6.07, 6.45) is 1.56. The van der Waals surface area contributed by atoms with Gasteiger partial charge in [0.2, 0.25) is 0 Å². The first-order valence-electron chi connectivity index (χ1n) is 17.6. The first-order valence-corrected chi connectivity index (χ1v) is 18.6. The molecule has 3 amide bonds. The number of H-pyrrole nitrogens is 1. The Morgan fingerprint density at radius 3 is 2.63 bits per heavy atom. The number of rotatable bonds is 13. The Labute approximate surface area is 316 Å². The Balaban J connectivity index is 1.17. The van der Waals surface area contributed by atoms with Crippen molar-refractivity contribution in [3.63, 3.8) is 0 Å². The number of nitrogens with zero attached hydrogens (tertiary/aromatic N) is 2. The number of carbonyl (C=O) groups excluding carboxylic acids is 3. The number of benzene rings is 3. The highest BCUT2D eigenvalue weighted by Gasteiger charge is 2.29. The molecule has 1 aliphatic heterocycles. The lowest BCUT2D eigenvalue weighted by Gasteiger charge is -2.23. The third kappa shape index (κ3) is 11.4. The summed E-state index contributed by atoms with van der Waals surface area (Å²) in [5.41, 5.74) is 4.92. The standard InChI is InChI=1S/C40H42F3N5O5S/c1-4-6-18-52-23-29-8-7-25(3)19-32(29)27-12-16-37(54-24-31(49)20-27)46-39(51)44-30-13-9-26(10-14-30)34-22-36(48-47-34)45-38(50)28-11-15-35(33(41)21-28)53-40(42,43)17-5-2/h5,7-11,13-15,17,19,21-22,27H,4,6,12,16,18,20,23-24H2,1-3H3,(H,44,51)(H2,45,47,48,50)/b17-5+,46-37-. The van der Waals surface area contributed by atoms with Crippen LogP contribution >= 0.6 is 11.8 Å². The number of aliphatic imine (C=N–C) groups is 1. The Morgan fingerprint density at radius 1 is 1.09 bits per heavy atom. The van der Waals surface area contributed by atoms with Gasteiger partial charge in [-0.1, -0.05) is 55.3 Å². The molecule has 4 aromatic rings. The molecule has 1 aromatic heterocycles. The Morgan fingerprint density at radius 2 is 1.89 bits per heavy atom. The van der Waals surface area contributed by atoms with Crippen LogP contribution in [0.4, 0.5) is 29.5 Å². The number of allylic oxidation sites excluding steroid dienone is 1. The topological polar surface area (TPSA) is 135 Å². The fraction of sp³-hybridized carbons (Fsp3) is 0.325. The van der Waals surface area contributed by atoms with E-state index in [0.717, 1.165) is 53.8 Å². The van der Waals surface area contributed by atoms with Crippen molar-refractivity contribution in [1.29, 1.82) is 0 Å². The number of aryl methyl sites for hydroxylation is 1. The number of alkyl halides is 2. The quantitative estimate of drug-likeness (QED) is 0.0912. The van der Waals surface area contributed by atoms with E-state index in [0.29, 0.717) is 60.5 Å². The van der Waals surface area contributed by atoms with Crippen LogP contribution in [-0.2, 0) is 16.1 Å². The van der Waals surface area contributed by atoms with Gasteiger partial charge in [-0.25, -0.2) is 9.18 Å². The average molecular weight is 762 g/mol. The second kappa shape index (κ2) is 18.7. The third-order valence-electron chi connectivity index (χ3n) is 8.52. The number of unbranched alkanes of at least 4 members (excludes halogenated alkanes) is 1. The number of hydrogen-bond donors (Lipinski definition) is 3. The van der Waals surface area contributed by atoms with E-state index in [1.54, 1.807) is 30.3 Å². The third-order valence-corrected chi connectivity index (χ3v) is 9.61. The van der Waals surface area contributed by atoms with Crippen LogP contribution in [0, 0.1) is 12.7 Å². The van der Waals surface area contributed by atoms with Crippen molar-refractivity contribution in [3.05, 3.63) is 107 Å². The van der Waals surface area contributed by atoms with Crippen molar-refractivity contribution in [2.45, 2.75) is 71.5 Å². The summed E-state index contributed by atoms with van der Waals surface area (Å²) in [4.78, 5) is 42.9. The largest absolute Gasteiger partial charge is 0.426 e. The van der Waals surface area contributed by atoms with Crippen molar-refractivity contribution in [2.24, 2.45) is 4.99 Å². The van der Waals surface area contributed by atoms with Gasteiger partial charge in [0.05, 0.1) is 23.1 Å². The average Bonchev–Trinajstić information content (AvgIpc) is 3.59. The molecule has 0 aliphatic carbocycles. The summed E-state index contributed by atoms with van der Waals surface area (Å²) in [5.74, 6) is -2.05. The molecule has 1 unspecified atom stereocenters. The predicted octanol–water partition coefficient (Wildman–Crippen LogP) is 9.84. The van der Waals surface area contributed by atoms with Crippen LogP contribution in [0.2, 0.25) is 0 Å². The number of amides is 3. The predicted molar refractivity (Wildman–Crippen MR) is 205 cm³/mol. The van der Waals surface area contributed by atoms with Crippen LogP contribution in [0.5, 0.6) is 5.75 Å². The number of nitrogens with one attached hydrogen (secondary N) is 3. The van der Waals surface area contributed by atoms with Gasteiger partial charge in [-0.3, -0.25) is 14.7 Å². The Bertz CT molecular complexity index is 2010. The second-order valence-corrected chi connectivity index (χ2v) is 13.9. The van der Waals surface area contributed by atoms with Crippen LogP contribution in [0.25, 0.3) is 11.3 Å². The van der Waals surface area contributed by atoms with Gasteiger partial charge in [-0.05, 0) is 86.1 Å². The Kier molecular flexibility index (Phi) is 13.9. The number of anilines is 2. The summed E-state index contributed by atoms with van der Waals surface area (Å²) in [7, 11) is 0. The van der Waals surface area contributed by atoms with E-state index in [4.69, 9.17) is 4.74 Å². The minimum atomic E-state index is -3.71. The van der Waals surface area contributed by atoms with Crippen molar-refractivity contribution in [2.75, 3.05) is 23.0 Å². The lowest BCUT2D eigenvalue weighted by atomic mass is 9.86. The highest BCUT2D eigenvalue weighted by Crippen LogP contribution is 2.34. The molecule has 0 spiro atoms. The van der Waals surface area contributed by atoms with Crippen LogP contribution in [-0.4, -0.2) is 51.4 Å². The molecule has 10 nitrogen and oxygen atoms in total. The number of halogens is 3. The number of carbonyl (C=O) groups is 3. The van der Waals surface area contributed by atoms with E-state index in [1.807, 2.05) is 6.92 Å². The van der Waals surface area contributed by atoms with Crippen LogP contribution < -0.4 is 15.4 Å². The number of ketones is 1. The normalized spacial score (nSPS) is 15.9. The minimum Gasteiger partial charge on any atom is -0.426 e. The summed E-state index contributed by atoms with van der Waals surface area (Å²) in [5, 5.41) is 12.8. The van der Waals surface area contributed by atoms with Crippen LogP contribution in [0.15, 0.2) is 83.9 Å². The molecule has 1 saturated heterocycles. The fourth-order valence-corrected chi connectivity index (χ4v) is 6.65. The summed E-state index contributed by atoms with van der Waals surface area (Å²) >= 11 is 1.30. The van der Waals surface area contributed by atoms with Crippen molar-refractivity contribution >= 4 is 46.0 Å². The molecular weight excluding hydrogens is 720 g/mol. The van der Waals surface area contributed by atoms with Crippen molar-refractivity contribution < 1.29 is 37.0 Å². The summed E-state index contributed by atoms with van der Waals surface area (Å²) in [6.45, 7) is 6.72. The molecule has 54 heavy (non-hydrogen) atoms. The van der Waals surface area contributed by atoms with Gasteiger partial charge >= 0.3 is 12.1 Å². The molecule has 3 N–H and O–H groups in total. The van der Waals surface area contributed by atoms with Gasteiger partial charge in [-0.15, -0.1) is 11.8 Å². The number of aromatic nitrogens is 2. The SMILES string of the molecule is C/C=C/C(F)(F)Oc1ccc(C(=O)Nc2cc(-c3ccc(NC(=O)/N=C4/CCC(c5cc(C)ccc5COCCCC)CC(=O)CS4)cc3)[nH]n2)cc1F. The smallest absolute Gasteiger partial charge is 0.419 e. The molecule has 284 valence electrons. The van der Waals surface area contributed by atoms with E-state index in [9.17, 15) is 27.6 Å². The number of Topliss-reactive ketones (excluding diaryl/α,β-unsaturated/α-hetero) is 1. The van der Waals surface area contributed by atoms with Crippen molar-refractivity contribution in [1.82, 2.24) is 10.2 Å². The minimum absolute atomic E-state index is 0.00123. The number of hydrogen-bond acceptors (Lipinski definition) is 7. The van der Waals surface area contributed by atoms with Gasteiger partial charge < -0.3 is 20.1 Å². The van der Waals surface area contributed by atoms with Gasteiger partial charge in [0.15, 0.2) is 17.4 Å². The second-order valence-electron chi connectivity index (χ2n) is 12.8. The molecule has 5 rings (SSSR count). The molecular formula is C40H42F3N5O5S. The summed E-state index contributed by atoms with van der Waals surface area (Å²) in [6, 6.07) is 17.0. The van der Waals surface area contributed by atoms with E-state index in [2.05, 4.69) is 55.7 Å². The number of ether oxygens (including phenoxy) is 2. The number of urea groups is 1. The molecule has 1 aliphatic rings. The zero-order valence-electron chi connectivity index (χ0n) is 30.2. The molecule has 0 radical (unpaired) electrons. The van der Waals surface area contributed by atoms with Gasteiger partial charge in [-0.2, -0.15) is 18.9 Å². The maximum absolute atomic E-state index is 14.4. The Hall–Kier alpha value is -5.21. The maximum Gasteiger partial charge on any atom is 0.419 e. The van der Waals surface area contributed by atoms with E-state index < -0.39 is 29.6 Å². The van der Waals surface area contributed by atoms with Gasteiger partial charge in [0.1, 0.15) is 5.78 Å². The van der Waals surface area contributed by atoms with E-state index in [1.165, 1.54) is 18.7 Å². The van der Waals surface area contributed by atoms with E-state index in [-0.39, 0.29) is 28.8 Å². The number of aromatic amines is 1. The number of thioether (sulfide) groups is 1. The zero-order chi connectivity index (χ0) is 38.7. The molecule has 0 saturated carbocycles. The molecule has 14 heteroatoms. The lowest BCUT2D eigenvalue weighted by Crippen LogP contribution is -2.22. The zero-order valence-corrected chi connectivity index (χ0v) is 31.0. The molecule has 1 atom stereocenters.